The van der Waals surface area contributed by atoms with Gasteiger partial charge in [0.2, 0.25) is 15.9 Å². The van der Waals surface area contributed by atoms with Gasteiger partial charge in [0.15, 0.2) is 5.16 Å². The summed E-state index contributed by atoms with van der Waals surface area (Å²) in [4.78, 5) is 12.4. The molecule has 1 aromatic carbocycles. The van der Waals surface area contributed by atoms with E-state index in [1.54, 1.807) is 37.0 Å². The lowest BCUT2D eigenvalue weighted by molar-refractivity contribution is -0.115. The molecule has 0 fully saturated rings. The van der Waals surface area contributed by atoms with Crippen molar-refractivity contribution in [2.75, 3.05) is 19.4 Å². The van der Waals surface area contributed by atoms with Crippen LogP contribution in [-0.4, -0.2) is 52.7 Å². The van der Waals surface area contributed by atoms with Crippen molar-refractivity contribution in [3.05, 3.63) is 30.6 Å². The Morgan fingerprint density at radius 1 is 1.38 bits per heavy atom. The fourth-order valence-electron chi connectivity index (χ4n) is 1.78. The van der Waals surface area contributed by atoms with E-state index in [-0.39, 0.29) is 10.8 Å². The van der Waals surface area contributed by atoms with Gasteiger partial charge in [-0.2, -0.15) is 0 Å². The molecule has 0 saturated carbocycles. The Hall–Kier alpha value is -1.91. The van der Waals surface area contributed by atoms with Crippen LogP contribution in [0.3, 0.4) is 0 Å². The van der Waals surface area contributed by atoms with E-state index in [1.165, 1.54) is 38.0 Å². The third-order valence-corrected chi connectivity index (χ3v) is 6.16. The summed E-state index contributed by atoms with van der Waals surface area (Å²) in [7, 11) is 1.16. The molecule has 1 atom stereocenters. The molecular formula is C14H19N5O3S2. The molecule has 0 spiro atoms. The Balaban J connectivity index is 2.11. The van der Waals surface area contributed by atoms with Crippen LogP contribution in [0.15, 0.2) is 40.6 Å². The van der Waals surface area contributed by atoms with E-state index in [9.17, 15) is 13.2 Å². The Kier molecular flexibility index (Phi) is 5.62. The van der Waals surface area contributed by atoms with Crippen molar-refractivity contribution in [3.8, 4) is 0 Å². The number of carbonyl (C=O) groups is 1. The van der Waals surface area contributed by atoms with Gasteiger partial charge in [0.05, 0.1) is 10.1 Å². The van der Waals surface area contributed by atoms with Gasteiger partial charge in [-0.1, -0.05) is 17.8 Å². The third kappa shape index (κ3) is 4.13. The van der Waals surface area contributed by atoms with Crippen LogP contribution in [0, 0.1) is 0 Å². The van der Waals surface area contributed by atoms with Crippen LogP contribution < -0.4 is 5.32 Å². The number of aryl methyl sites for hydroxylation is 1. The van der Waals surface area contributed by atoms with E-state index in [4.69, 9.17) is 0 Å². The molecule has 1 heterocycles. The van der Waals surface area contributed by atoms with Crippen molar-refractivity contribution in [3.63, 3.8) is 0 Å². The molecule has 0 aliphatic carbocycles. The number of hydrogen-bond acceptors (Lipinski definition) is 6. The molecule has 10 heteroatoms. The highest BCUT2D eigenvalue weighted by molar-refractivity contribution is 8.00. The summed E-state index contributed by atoms with van der Waals surface area (Å²) in [6, 6.07) is 6.16. The van der Waals surface area contributed by atoms with Gasteiger partial charge in [-0.05, 0) is 25.1 Å². The topological polar surface area (TPSA) is 97.2 Å². The zero-order valence-corrected chi connectivity index (χ0v) is 15.4. The molecule has 0 saturated heterocycles. The van der Waals surface area contributed by atoms with Crippen LogP contribution in [-0.2, 0) is 21.9 Å². The van der Waals surface area contributed by atoms with E-state index in [0.29, 0.717) is 10.8 Å². The van der Waals surface area contributed by atoms with Crippen LogP contribution in [0.2, 0.25) is 0 Å². The summed E-state index contributed by atoms with van der Waals surface area (Å²) in [5.74, 6) is -0.248. The van der Waals surface area contributed by atoms with Crippen LogP contribution in [0.4, 0.5) is 5.69 Å². The lowest BCUT2D eigenvalue weighted by atomic mass is 10.3. The smallest absolute Gasteiger partial charge is 0.242 e. The van der Waals surface area contributed by atoms with Gasteiger partial charge < -0.3 is 9.88 Å². The minimum Gasteiger partial charge on any atom is -0.325 e. The molecule has 2 aromatic rings. The first-order valence-corrected chi connectivity index (χ1v) is 9.38. The maximum Gasteiger partial charge on any atom is 0.242 e. The van der Waals surface area contributed by atoms with Crippen LogP contribution in [0.5, 0.6) is 0 Å². The monoisotopic (exact) mass is 369 g/mol. The Labute approximate surface area is 145 Å². The predicted octanol–water partition coefficient (Wildman–Crippen LogP) is 1.18. The maximum absolute atomic E-state index is 12.3. The predicted molar refractivity (Wildman–Crippen MR) is 92.3 cm³/mol. The second kappa shape index (κ2) is 7.32. The minimum absolute atomic E-state index is 0.124. The number of benzene rings is 1. The van der Waals surface area contributed by atoms with Crippen molar-refractivity contribution >= 4 is 33.4 Å². The summed E-state index contributed by atoms with van der Waals surface area (Å²) >= 11 is 1.27. The number of anilines is 1. The van der Waals surface area contributed by atoms with Crippen molar-refractivity contribution in [1.82, 2.24) is 19.1 Å². The van der Waals surface area contributed by atoms with E-state index in [2.05, 4.69) is 15.5 Å². The first-order chi connectivity index (χ1) is 11.2. The van der Waals surface area contributed by atoms with Crippen LogP contribution in [0.1, 0.15) is 6.92 Å². The number of rotatable bonds is 6. The SMILES string of the molecule is CC(Sc1nncn1C)C(=O)Nc1cccc(S(=O)(=O)N(C)C)c1. The average molecular weight is 369 g/mol. The third-order valence-electron chi connectivity index (χ3n) is 3.20. The summed E-state index contributed by atoms with van der Waals surface area (Å²) in [5.41, 5.74) is 0.424. The fraction of sp³-hybridized carbons (Fsp3) is 0.357. The number of carbonyl (C=O) groups excluding carboxylic acids is 1. The highest BCUT2D eigenvalue weighted by Gasteiger charge is 2.20. The van der Waals surface area contributed by atoms with Crippen molar-refractivity contribution in [2.45, 2.75) is 22.2 Å². The van der Waals surface area contributed by atoms with E-state index < -0.39 is 15.3 Å². The highest BCUT2D eigenvalue weighted by Crippen LogP contribution is 2.22. The molecule has 1 N–H and O–H groups in total. The summed E-state index contributed by atoms with van der Waals surface area (Å²) in [6.45, 7) is 1.75. The van der Waals surface area contributed by atoms with Crippen molar-refractivity contribution < 1.29 is 13.2 Å². The normalized spacial score (nSPS) is 13.0. The highest BCUT2D eigenvalue weighted by atomic mass is 32.2. The van der Waals surface area contributed by atoms with E-state index >= 15 is 0 Å². The van der Waals surface area contributed by atoms with Gasteiger partial charge in [0.1, 0.15) is 6.33 Å². The molecule has 130 valence electrons. The van der Waals surface area contributed by atoms with Gasteiger partial charge in [-0.3, -0.25) is 4.79 Å². The number of hydrogen-bond donors (Lipinski definition) is 1. The molecule has 1 amide bonds. The Morgan fingerprint density at radius 3 is 2.67 bits per heavy atom. The lowest BCUT2D eigenvalue weighted by Gasteiger charge is -2.14. The maximum atomic E-state index is 12.3. The number of amides is 1. The number of aromatic nitrogens is 3. The van der Waals surface area contributed by atoms with Crippen LogP contribution in [0.25, 0.3) is 0 Å². The summed E-state index contributed by atoms with van der Waals surface area (Å²) < 4.78 is 27.1. The quantitative estimate of drug-likeness (QED) is 0.768. The number of nitrogens with zero attached hydrogens (tertiary/aromatic N) is 4. The zero-order valence-electron chi connectivity index (χ0n) is 13.8. The first-order valence-electron chi connectivity index (χ1n) is 7.06. The van der Waals surface area contributed by atoms with Gasteiger partial charge >= 0.3 is 0 Å². The lowest BCUT2D eigenvalue weighted by Crippen LogP contribution is -2.24. The van der Waals surface area contributed by atoms with Crippen molar-refractivity contribution in [2.24, 2.45) is 7.05 Å². The zero-order chi connectivity index (χ0) is 17.9. The molecule has 2 rings (SSSR count). The molecule has 1 unspecified atom stereocenters. The molecule has 0 aliphatic heterocycles. The molecule has 0 bridgehead atoms. The Morgan fingerprint density at radius 2 is 2.08 bits per heavy atom. The van der Waals surface area contributed by atoms with Gasteiger partial charge in [0, 0.05) is 26.8 Å². The molecule has 0 aliphatic rings. The Bertz CT molecular complexity index is 832. The van der Waals surface area contributed by atoms with Gasteiger partial charge in [-0.25, -0.2) is 12.7 Å². The molecule has 1 aromatic heterocycles. The molecular weight excluding hydrogens is 350 g/mol. The molecule has 24 heavy (non-hydrogen) atoms. The standard InChI is InChI=1S/C14H19N5O3S2/c1-10(23-14-17-15-9-19(14)4)13(20)16-11-6-5-7-12(8-11)24(21,22)18(2)3/h5-10H,1-4H3,(H,16,20). The van der Waals surface area contributed by atoms with Crippen LogP contribution >= 0.6 is 11.8 Å². The summed E-state index contributed by atoms with van der Waals surface area (Å²) in [6.07, 6.45) is 1.56. The minimum atomic E-state index is -3.55. The molecule has 8 nitrogen and oxygen atoms in total. The number of nitrogens with one attached hydrogen (secondary N) is 1. The van der Waals surface area contributed by atoms with E-state index in [1.807, 2.05) is 0 Å². The average Bonchev–Trinajstić information content (AvgIpc) is 2.92. The number of sulfonamides is 1. The number of thioether (sulfide) groups is 1. The second-order valence-corrected chi connectivity index (χ2v) is 8.75. The van der Waals surface area contributed by atoms with Crippen molar-refractivity contribution in [1.29, 1.82) is 0 Å². The molecule has 0 radical (unpaired) electrons. The van der Waals surface area contributed by atoms with Gasteiger partial charge in [-0.15, -0.1) is 10.2 Å². The first kappa shape index (κ1) is 18.4. The summed E-state index contributed by atoms with van der Waals surface area (Å²) in [5, 5.41) is 10.6. The fourth-order valence-corrected chi connectivity index (χ4v) is 3.52. The largest absolute Gasteiger partial charge is 0.325 e. The van der Waals surface area contributed by atoms with Gasteiger partial charge in [0.25, 0.3) is 0 Å². The second-order valence-electron chi connectivity index (χ2n) is 5.29. The van der Waals surface area contributed by atoms with E-state index in [0.717, 1.165) is 4.31 Å².